The zero-order valence-electron chi connectivity index (χ0n) is 10.4. The molecule has 0 aliphatic heterocycles. The van der Waals surface area contributed by atoms with Gasteiger partial charge in [0.1, 0.15) is 0 Å². The molecular weight excluding hydrogens is 322 g/mol. The van der Waals surface area contributed by atoms with Gasteiger partial charge >= 0.3 is 0 Å². The molecule has 0 saturated carbocycles. The van der Waals surface area contributed by atoms with E-state index in [-0.39, 0.29) is 0 Å². The molecular formula is C15H12BrNO3. The summed E-state index contributed by atoms with van der Waals surface area (Å²) in [6, 6.07) is 14.9. The largest absolute Gasteiger partial charge is 0.367 e. The quantitative estimate of drug-likeness (QED) is 0.666. The standard InChI is InChI=1S/C15H12BrNO3/c16-12-8-6-11(7-9-12)14(19)17-15(20)13(18)10-4-2-1-3-5-10/h1-9,15,20H,(H,17,19). The average Bonchev–Trinajstić information content (AvgIpc) is 2.48. The Hall–Kier alpha value is -1.98. The van der Waals surface area contributed by atoms with Crippen LogP contribution in [0.1, 0.15) is 20.7 Å². The van der Waals surface area contributed by atoms with Crippen LogP contribution in [0.3, 0.4) is 0 Å². The van der Waals surface area contributed by atoms with E-state index in [4.69, 9.17) is 0 Å². The average molecular weight is 334 g/mol. The van der Waals surface area contributed by atoms with Gasteiger partial charge in [-0.3, -0.25) is 9.59 Å². The van der Waals surface area contributed by atoms with Gasteiger partial charge < -0.3 is 10.4 Å². The maximum Gasteiger partial charge on any atom is 0.253 e. The van der Waals surface area contributed by atoms with Crippen LogP contribution in [-0.2, 0) is 0 Å². The molecule has 5 heteroatoms. The van der Waals surface area contributed by atoms with E-state index in [1.54, 1.807) is 54.6 Å². The molecule has 2 aromatic rings. The molecule has 1 unspecified atom stereocenters. The molecule has 0 bridgehead atoms. The summed E-state index contributed by atoms with van der Waals surface area (Å²) in [4.78, 5) is 23.8. The molecule has 0 spiro atoms. The number of carbonyl (C=O) groups is 2. The molecule has 2 aromatic carbocycles. The number of amides is 1. The highest BCUT2D eigenvalue weighted by Gasteiger charge is 2.19. The first-order valence-corrected chi connectivity index (χ1v) is 6.71. The minimum absolute atomic E-state index is 0.344. The number of Topliss-reactive ketones (excluding diaryl/α,β-unsaturated/α-hetero) is 1. The number of halogens is 1. The lowest BCUT2D eigenvalue weighted by Gasteiger charge is -2.12. The summed E-state index contributed by atoms with van der Waals surface area (Å²) in [6.45, 7) is 0. The first-order valence-electron chi connectivity index (χ1n) is 5.91. The van der Waals surface area contributed by atoms with Crippen molar-refractivity contribution in [1.29, 1.82) is 0 Å². The molecule has 0 radical (unpaired) electrons. The number of aliphatic hydroxyl groups is 1. The van der Waals surface area contributed by atoms with Gasteiger partial charge in [0.25, 0.3) is 5.91 Å². The van der Waals surface area contributed by atoms with Crippen molar-refractivity contribution < 1.29 is 14.7 Å². The first-order chi connectivity index (χ1) is 9.58. The van der Waals surface area contributed by atoms with Gasteiger partial charge in [-0.1, -0.05) is 46.3 Å². The van der Waals surface area contributed by atoms with Gasteiger partial charge in [-0.15, -0.1) is 0 Å². The molecule has 0 saturated heterocycles. The Balaban J connectivity index is 2.04. The third-order valence-electron chi connectivity index (χ3n) is 2.68. The molecule has 0 fully saturated rings. The lowest BCUT2D eigenvalue weighted by Crippen LogP contribution is -2.40. The fourth-order valence-electron chi connectivity index (χ4n) is 1.63. The summed E-state index contributed by atoms with van der Waals surface area (Å²) in [5.41, 5.74) is 0.712. The topological polar surface area (TPSA) is 66.4 Å². The summed E-state index contributed by atoms with van der Waals surface area (Å²) >= 11 is 3.26. The van der Waals surface area contributed by atoms with Gasteiger partial charge in [0, 0.05) is 15.6 Å². The van der Waals surface area contributed by atoms with Crippen LogP contribution in [-0.4, -0.2) is 23.0 Å². The summed E-state index contributed by atoms with van der Waals surface area (Å²) in [5, 5.41) is 12.0. The number of aliphatic hydroxyl groups excluding tert-OH is 1. The summed E-state index contributed by atoms with van der Waals surface area (Å²) < 4.78 is 0.843. The number of benzene rings is 2. The first kappa shape index (κ1) is 14.4. The van der Waals surface area contributed by atoms with Crippen molar-refractivity contribution in [2.24, 2.45) is 0 Å². The maximum absolute atomic E-state index is 11.9. The highest BCUT2D eigenvalue weighted by Crippen LogP contribution is 2.10. The molecule has 20 heavy (non-hydrogen) atoms. The third kappa shape index (κ3) is 3.53. The third-order valence-corrected chi connectivity index (χ3v) is 3.21. The number of ketones is 1. The second-order valence-electron chi connectivity index (χ2n) is 4.11. The molecule has 0 aliphatic rings. The zero-order chi connectivity index (χ0) is 14.5. The van der Waals surface area contributed by atoms with Crippen molar-refractivity contribution in [3.8, 4) is 0 Å². The monoisotopic (exact) mass is 333 g/mol. The Morgan fingerprint density at radius 2 is 1.55 bits per heavy atom. The molecule has 2 N–H and O–H groups in total. The molecule has 0 heterocycles. The Morgan fingerprint density at radius 3 is 2.15 bits per heavy atom. The Morgan fingerprint density at radius 1 is 0.950 bits per heavy atom. The van der Waals surface area contributed by atoms with Gasteiger partial charge in [-0.2, -0.15) is 0 Å². The molecule has 4 nitrogen and oxygen atoms in total. The predicted octanol–water partition coefficient (Wildman–Crippen LogP) is 2.38. The van der Waals surface area contributed by atoms with Gasteiger partial charge in [-0.05, 0) is 24.3 Å². The Labute approximate surface area is 124 Å². The van der Waals surface area contributed by atoms with E-state index in [0.29, 0.717) is 11.1 Å². The lowest BCUT2D eigenvalue weighted by atomic mass is 10.1. The van der Waals surface area contributed by atoms with Crippen molar-refractivity contribution in [2.75, 3.05) is 0 Å². The van der Waals surface area contributed by atoms with E-state index >= 15 is 0 Å². The van der Waals surface area contributed by atoms with Crippen LogP contribution in [0.4, 0.5) is 0 Å². The molecule has 102 valence electrons. The van der Waals surface area contributed by atoms with E-state index < -0.39 is 17.9 Å². The Bertz CT molecular complexity index is 611. The number of carbonyl (C=O) groups excluding carboxylic acids is 2. The zero-order valence-corrected chi connectivity index (χ0v) is 12.0. The lowest BCUT2D eigenvalue weighted by molar-refractivity contribution is 0.0607. The van der Waals surface area contributed by atoms with Crippen molar-refractivity contribution in [2.45, 2.75) is 6.23 Å². The second kappa shape index (κ2) is 6.45. The number of rotatable bonds is 4. The molecule has 0 aliphatic carbocycles. The van der Waals surface area contributed by atoms with Crippen LogP contribution in [0.2, 0.25) is 0 Å². The normalized spacial score (nSPS) is 11.7. The SMILES string of the molecule is O=C(NC(O)C(=O)c1ccccc1)c1ccc(Br)cc1. The highest BCUT2D eigenvalue weighted by atomic mass is 79.9. The number of hydrogen-bond acceptors (Lipinski definition) is 3. The highest BCUT2D eigenvalue weighted by molar-refractivity contribution is 9.10. The van der Waals surface area contributed by atoms with Gasteiger partial charge in [0.05, 0.1) is 0 Å². The fraction of sp³-hybridized carbons (Fsp3) is 0.0667. The van der Waals surface area contributed by atoms with Crippen LogP contribution in [0.5, 0.6) is 0 Å². The molecule has 0 aromatic heterocycles. The van der Waals surface area contributed by atoms with Gasteiger partial charge in [-0.25, -0.2) is 0 Å². The maximum atomic E-state index is 11.9. The second-order valence-corrected chi connectivity index (χ2v) is 5.03. The summed E-state index contributed by atoms with van der Waals surface area (Å²) in [7, 11) is 0. The van der Waals surface area contributed by atoms with E-state index in [9.17, 15) is 14.7 Å². The molecule has 1 amide bonds. The van der Waals surface area contributed by atoms with Crippen LogP contribution >= 0.6 is 15.9 Å². The smallest absolute Gasteiger partial charge is 0.253 e. The van der Waals surface area contributed by atoms with Crippen LogP contribution < -0.4 is 5.32 Å². The van der Waals surface area contributed by atoms with E-state index in [1.165, 1.54) is 0 Å². The minimum Gasteiger partial charge on any atom is -0.367 e. The minimum atomic E-state index is -1.56. The van der Waals surface area contributed by atoms with E-state index in [1.807, 2.05) is 0 Å². The van der Waals surface area contributed by atoms with Crippen molar-refractivity contribution in [3.05, 3.63) is 70.2 Å². The molecule has 2 rings (SSSR count). The summed E-state index contributed by atoms with van der Waals surface area (Å²) in [6.07, 6.45) is -1.56. The predicted molar refractivity (Wildman–Crippen MR) is 78.4 cm³/mol. The van der Waals surface area contributed by atoms with Crippen LogP contribution in [0, 0.1) is 0 Å². The van der Waals surface area contributed by atoms with Crippen LogP contribution in [0.25, 0.3) is 0 Å². The van der Waals surface area contributed by atoms with E-state index in [2.05, 4.69) is 21.2 Å². The Kier molecular flexibility index (Phi) is 4.65. The fourth-order valence-corrected chi connectivity index (χ4v) is 1.90. The van der Waals surface area contributed by atoms with Gasteiger partial charge in [0.15, 0.2) is 6.23 Å². The van der Waals surface area contributed by atoms with Crippen LogP contribution in [0.15, 0.2) is 59.1 Å². The number of nitrogens with one attached hydrogen (secondary N) is 1. The summed E-state index contributed by atoms with van der Waals surface area (Å²) in [5.74, 6) is -1.05. The molecule has 1 atom stereocenters. The van der Waals surface area contributed by atoms with Crippen molar-refractivity contribution >= 4 is 27.6 Å². The number of hydrogen-bond donors (Lipinski definition) is 2. The van der Waals surface area contributed by atoms with Crippen molar-refractivity contribution in [3.63, 3.8) is 0 Å². The van der Waals surface area contributed by atoms with E-state index in [0.717, 1.165) is 4.47 Å². The van der Waals surface area contributed by atoms with Gasteiger partial charge in [0.2, 0.25) is 5.78 Å². The van der Waals surface area contributed by atoms with Crippen molar-refractivity contribution in [1.82, 2.24) is 5.32 Å².